The van der Waals surface area contributed by atoms with Gasteiger partial charge in [0.1, 0.15) is 0 Å². The molecule has 0 bridgehead atoms. The van der Waals surface area contributed by atoms with Gasteiger partial charge in [0.2, 0.25) is 0 Å². The number of halogens is 1. The molecule has 0 aliphatic carbocycles. The summed E-state index contributed by atoms with van der Waals surface area (Å²) in [5, 5.41) is 5.73. The molecule has 1 aromatic heterocycles. The summed E-state index contributed by atoms with van der Waals surface area (Å²) in [5.41, 5.74) is 0. The van der Waals surface area contributed by atoms with E-state index in [0.717, 1.165) is 26.2 Å². The highest BCUT2D eigenvalue weighted by molar-refractivity contribution is 9.10. The van der Waals surface area contributed by atoms with Crippen LogP contribution >= 0.6 is 27.3 Å². The Bertz CT molecular complexity index is 295. The van der Waals surface area contributed by atoms with E-state index in [4.69, 9.17) is 4.74 Å². The van der Waals surface area contributed by atoms with Crippen molar-refractivity contribution in [3.05, 3.63) is 20.8 Å². The van der Waals surface area contributed by atoms with Gasteiger partial charge in [-0.05, 0) is 41.3 Å². The van der Waals surface area contributed by atoms with Crippen LogP contribution in [0, 0.1) is 0 Å². The molecule has 84 valence electrons. The lowest BCUT2D eigenvalue weighted by atomic mass is 10.1. The number of hydrogen-bond acceptors (Lipinski definition) is 3. The molecule has 2 heterocycles. The van der Waals surface area contributed by atoms with Crippen molar-refractivity contribution in [3.8, 4) is 0 Å². The summed E-state index contributed by atoms with van der Waals surface area (Å²) in [6.07, 6.45) is 3.57. The second-order valence-corrected chi connectivity index (χ2v) is 5.76. The Morgan fingerprint density at radius 1 is 1.47 bits per heavy atom. The maximum absolute atomic E-state index is 5.44. The van der Waals surface area contributed by atoms with Gasteiger partial charge in [0.25, 0.3) is 0 Å². The smallest absolute Gasteiger partial charge is 0.0480 e. The van der Waals surface area contributed by atoms with Crippen LogP contribution in [0.15, 0.2) is 15.9 Å². The fourth-order valence-corrected chi connectivity index (χ4v) is 3.20. The molecule has 0 spiro atoms. The van der Waals surface area contributed by atoms with Crippen LogP contribution < -0.4 is 5.32 Å². The number of nitrogens with one attached hydrogen (secondary N) is 1. The van der Waals surface area contributed by atoms with Crippen molar-refractivity contribution < 1.29 is 4.74 Å². The summed E-state index contributed by atoms with van der Waals surface area (Å²) in [5.74, 6) is 0. The molecule has 0 radical (unpaired) electrons. The summed E-state index contributed by atoms with van der Waals surface area (Å²) in [6, 6.07) is 2.82. The minimum atomic E-state index is 0.633. The highest BCUT2D eigenvalue weighted by Gasteiger charge is 2.11. The third kappa shape index (κ3) is 3.87. The van der Waals surface area contributed by atoms with Crippen LogP contribution in [0.2, 0.25) is 0 Å². The van der Waals surface area contributed by atoms with Crippen LogP contribution in [0.4, 0.5) is 0 Å². The molecule has 4 heteroatoms. The number of thiophene rings is 1. The molecule has 1 N–H and O–H groups in total. The zero-order valence-electron chi connectivity index (χ0n) is 8.67. The first-order valence-corrected chi connectivity index (χ1v) is 7.06. The minimum absolute atomic E-state index is 0.633. The molecule has 1 aliphatic heterocycles. The lowest BCUT2D eigenvalue weighted by Crippen LogP contribution is -2.28. The number of hydrogen-bond donors (Lipinski definition) is 1. The van der Waals surface area contributed by atoms with Gasteiger partial charge >= 0.3 is 0 Å². The normalized spacial score (nSPS) is 22.6. The summed E-state index contributed by atoms with van der Waals surface area (Å²) >= 11 is 5.28. The average Bonchev–Trinajstić information content (AvgIpc) is 2.52. The van der Waals surface area contributed by atoms with E-state index in [9.17, 15) is 0 Å². The molecule has 1 saturated heterocycles. The molecule has 1 aromatic rings. The van der Waals surface area contributed by atoms with Crippen LogP contribution in [0.3, 0.4) is 0 Å². The van der Waals surface area contributed by atoms with E-state index in [1.54, 1.807) is 11.3 Å². The third-order valence-electron chi connectivity index (χ3n) is 2.64. The van der Waals surface area contributed by atoms with Crippen molar-refractivity contribution in [2.75, 3.05) is 13.2 Å². The minimum Gasteiger partial charge on any atom is -0.381 e. The zero-order chi connectivity index (χ0) is 10.5. The van der Waals surface area contributed by atoms with Gasteiger partial charge in [-0.1, -0.05) is 0 Å². The molecule has 2 nitrogen and oxygen atoms in total. The van der Waals surface area contributed by atoms with E-state index in [1.807, 2.05) is 0 Å². The van der Waals surface area contributed by atoms with Gasteiger partial charge < -0.3 is 10.1 Å². The van der Waals surface area contributed by atoms with E-state index in [1.165, 1.54) is 22.2 Å². The second-order valence-electron chi connectivity index (χ2n) is 3.85. The van der Waals surface area contributed by atoms with Crippen molar-refractivity contribution >= 4 is 27.3 Å². The van der Waals surface area contributed by atoms with Crippen LogP contribution in [-0.4, -0.2) is 19.3 Å². The Kier molecular flexibility index (Phi) is 4.62. The summed E-state index contributed by atoms with van der Waals surface area (Å²) in [6.45, 7) is 2.83. The third-order valence-corrected chi connectivity index (χ3v) is 4.34. The first-order chi connectivity index (χ1) is 7.34. The largest absolute Gasteiger partial charge is 0.381 e. The predicted molar refractivity (Wildman–Crippen MR) is 67.3 cm³/mol. The number of rotatable bonds is 3. The topological polar surface area (TPSA) is 21.3 Å². The quantitative estimate of drug-likeness (QED) is 0.923. The van der Waals surface area contributed by atoms with E-state index < -0.39 is 0 Å². The van der Waals surface area contributed by atoms with Crippen molar-refractivity contribution in [1.82, 2.24) is 5.32 Å². The van der Waals surface area contributed by atoms with Crippen LogP contribution in [-0.2, 0) is 11.3 Å². The molecule has 2 rings (SSSR count). The fraction of sp³-hybridized carbons (Fsp3) is 0.636. The van der Waals surface area contributed by atoms with Gasteiger partial charge in [0.15, 0.2) is 0 Å². The van der Waals surface area contributed by atoms with Gasteiger partial charge in [-0.25, -0.2) is 0 Å². The van der Waals surface area contributed by atoms with E-state index >= 15 is 0 Å². The van der Waals surface area contributed by atoms with Crippen LogP contribution in [0.1, 0.15) is 24.1 Å². The molecule has 1 fully saturated rings. The maximum atomic E-state index is 5.44. The van der Waals surface area contributed by atoms with Crippen molar-refractivity contribution in [2.45, 2.75) is 31.8 Å². The average molecular weight is 290 g/mol. The Labute approximate surface area is 103 Å². The number of ether oxygens (including phenoxy) is 1. The molecule has 0 aromatic carbocycles. The van der Waals surface area contributed by atoms with Crippen LogP contribution in [0.5, 0.6) is 0 Å². The standard InChI is InChI=1S/C11H16BrNOS/c12-9-6-11(15-8-9)7-13-10-2-1-4-14-5-3-10/h6,8,10,13H,1-5,7H2. The Morgan fingerprint density at radius 2 is 2.40 bits per heavy atom. The molecule has 0 saturated carbocycles. The first kappa shape index (κ1) is 11.6. The molecule has 0 amide bonds. The fourth-order valence-electron chi connectivity index (χ4n) is 1.80. The van der Waals surface area contributed by atoms with Crippen molar-refractivity contribution in [1.29, 1.82) is 0 Å². The van der Waals surface area contributed by atoms with E-state index in [-0.39, 0.29) is 0 Å². The van der Waals surface area contributed by atoms with Gasteiger partial charge in [-0.3, -0.25) is 0 Å². The van der Waals surface area contributed by atoms with Crippen molar-refractivity contribution in [2.24, 2.45) is 0 Å². The maximum Gasteiger partial charge on any atom is 0.0480 e. The lowest BCUT2D eigenvalue weighted by molar-refractivity contribution is 0.142. The Balaban J connectivity index is 1.76. The molecule has 1 unspecified atom stereocenters. The highest BCUT2D eigenvalue weighted by Crippen LogP contribution is 2.20. The van der Waals surface area contributed by atoms with Gasteiger partial charge in [0.05, 0.1) is 0 Å². The summed E-state index contributed by atoms with van der Waals surface area (Å²) < 4.78 is 6.62. The molecule has 15 heavy (non-hydrogen) atoms. The summed E-state index contributed by atoms with van der Waals surface area (Å²) in [4.78, 5) is 1.40. The lowest BCUT2D eigenvalue weighted by Gasteiger charge is -2.14. The SMILES string of the molecule is Brc1csc(CNC2CCCOCC2)c1. The van der Waals surface area contributed by atoms with Gasteiger partial charge in [-0.2, -0.15) is 0 Å². The van der Waals surface area contributed by atoms with Gasteiger partial charge in [-0.15, -0.1) is 11.3 Å². The molecular formula is C11H16BrNOS. The summed E-state index contributed by atoms with van der Waals surface area (Å²) in [7, 11) is 0. The van der Waals surface area contributed by atoms with E-state index in [2.05, 4.69) is 32.7 Å². The first-order valence-electron chi connectivity index (χ1n) is 5.38. The predicted octanol–water partition coefficient (Wildman–Crippen LogP) is 3.17. The van der Waals surface area contributed by atoms with E-state index in [0.29, 0.717) is 6.04 Å². The monoisotopic (exact) mass is 289 g/mol. The second kappa shape index (κ2) is 5.99. The van der Waals surface area contributed by atoms with Crippen LogP contribution in [0.25, 0.3) is 0 Å². The highest BCUT2D eigenvalue weighted by atomic mass is 79.9. The van der Waals surface area contributed by atoms with Gasteiger partial charge in [0, 0.05) is 40.5 Å². The molecule has 1 atom stereocenters. The zero-order valence-corrected chi connectivity index (χ0v) is 11.1. The molecular weight excluding hydrogens is 274 g/mol. The van der Waals surface area contributed by atoms with Crippen molar-refractivity contribution in [3.63, 3.8) is 0 Å². The molecule has 1 aliphatic rings. The Morgan fingerprint density at radius 3 is 3.20 bits per heavy atom. The Hall–Kier alpha value is 0.1000.